The van der Waals surface area contributed by atoms with Gasteiger partial charge in [0.05, 0.1) is 23.6 Å². The Balaban J connectivity index is 2.37. The number of hydrogen-bond donors (Lipinski definition) is 1. The van der Waals surface area contributed by atoms with Crippen LogP contribution in [0, 0.1) is 0 Å². The first kappa shape index (κ1) is 12.8. The van der Waals surface area contributed by atoms with Gasteiger partial charge in [0.25, 0.3) is 0 Å². The average Bonchev–Trinajstić information content (AvgIpc) is 2.93. The summed E-state index contributed by atoms with van der Waals surface area (Å²) >= 11 is 0. The highest BCUT2D eigenvalue weighted by Crippen LogP contribution is 2.22. The van der Waals surface area contributed by atoms with Gasteiger partial charge in [-0.15, -0.1) is 0 Å². The average molecular weight is 247 g/mol. The smallest absolute Gasteiger partial charge is 0.0778 e. The molecule has 0 bridgehead atoms. The third-order valence-corrected chi connectivity index (χ3v) is 3.09. The van der Waals surface area contributed by atoms with Crippen LogP contribution in [0.3, 0.4) is 0 Å². The number of nitrogens with zero attached hydrogens (tertiary/aromatic N) is 4. The lowest BCUT2D eigenvalue weighted by Gasteiger charge is -2.16. The van der Waals surface area contributed by atoms with Crippen LogP contribution in [0.4, 0.5) is 0 Å². The van der Waals surface area contributed by atoms with Crippen molar-refractivity contribution >= 4 is 0 Å². The van der Waals surface area contributed by atoms with Gasteiger partial charge in [0.1, 0.15) is 0 Å². The van der Waals surface area contributed by atoms with E-state index in [-0.39, 0.29) is 6.04 Å². The Bertz CT molecular complexity index is 511. The lowest BCUT2D eigenvalue weighted by molar-refractivity contribution is 0.571. The highest BCUT2D eigenvalue weighted by atomic mass is 15.3. The van der Waals surface area contributed by atoms with Crippen LogP contribution in [0.25, 0.3) is 0 Å². The van der Waals surface area contributed by atoms with Gasteiger partial charge in [-0.25, -0.2) is 0 Å². The number of hydrogen-bond acceptors (Lipinski definition) is 3. The zero-order chi connectivity index (χ0) is 13.1. The minimum Gasteiger partial charge on any atom is -0.305 e. The Kier molecular flexibility index (Phi) is 3.81. The molecule has 0 radical (unpaired) electrons. The maximum atomic E-state index is 4.51. The maximum absolute atomic E-state index is 4.51. The number of rotatable bonds is 5. The number of aryl methyl sites for hydroxylation is 3. The van der Waals surface area contributed by atoms with E-state index in [2.05, 4.69) is 35.4 Å². The van der Waals surface area contributed by atoms with Crippen molar-refractivity contribution in [1.82, 2.24) is 24.9 Å². The van der Waals surface area contributed by atoms with E-state index in [1.807, 2.05) is 35.9 Å². The topological polar surface area (TPSA) is 47.7 Å². The van der Waals surface area contributed by atoms with Gasteiger partial charge in [0.2, 0.25) is 0 Å². The van der Waals surface area contributed by atoms with Gasteiger partial charge in [-0.05, 0) is 19.0 Å². The second kappa shape index (κ2) is 5.35. The van der Waals surface area contributed by atoms with Crippen LogP contribution in [0.15, 0.2) is 18.5 Å². The molecule has 5 heteroatoms. The predicted octanol–water partition coefficient (Wildman–Crippen LogP) is 1.41. The second-order valence-electron chi connectivity index (χ2n) is 4.48. The predicted molar refractivity (Wildman–Crippen MR) is 71.3 cm³/mol. The molecule has 5 nitrogen and oxygen atoms in total. The molecule has 1 unspecified atom stereocenters. The van der Waals surface area contributed by atoms with Crippen molar-refractivity contribution in [2.45, 2.75) is 26.3 Å². The molecule has 0 fully saturated rings. The van der Waals surface area contributed by atoms with Crippen molar-refractivity contribution in [3.05, 3.63) is 35.4 Å². The van der Waals surface area contributed by atoms with Crippen molar-refractivity contribution in [3.8, 4) is 0 Å². The molecule has 2 aromatic heterocycles. The maximum Gasteiger partial charge on any atom is 0.0778 e. The van der Waals surface area contributed by atoms with Crippen molar-refractivity contribution < 1.29 is 0 Å². The Morgan fingerprint density at radius 1 is 1.33 bits per heavy atom. The van der Waals surface area contributed by atoms with E-state index < -0.39 is 0 Å². The summed E-state index contributed by atoms with van der Waals surface area (Å²) in [6.45, 7) is 5.14. The van der Waals surface area contributed by atoms with E-state index in [0.717, 1.165) is 18.7 Å². The molecule has 0 aromatic carbocycles. The van der Waals surface area contributed by atoms with Crippen molar-refractivity contribution in [2.75, 3.05) is 6.54 Å². The summed E-state index contributed by atoms with van der Waals surface area (Å²) in [7, 11) is 3.93. The van der Waals surface area contributed by atoms with E-state index in [1.54, 1.807) is 0 Å². The normalized spacial score (nSPS) is 12.9. The fourth-order valence-electron chi connectivity index (χ4n) is 2.17. The van der Waals surface area contributed by atoms with Gasteiger partial charge in [-0.2, -0.15) is 10.2 Å². The molecular formula is C13H21N5. The summed E-state index contributed by atoms with van der Waals surface area (Å²) in [5.41, 5.74) is 3.48. The Morgan fingerprint density at radius 3 is 2.61 bits per heavy atom. The number of aromatic nitrogens is 4. The summed E-state index contributed by atoms with van der Waals surface area (Å²) in [5, 5.41) is 12.3. The fraction of sp³-hybridized carbons (Fsp3) is 0.538. The van der Waals surface area contributed by atoms with E-state index >= 15 is 0 Å². The Morgan fingerprint density at radius 2 is 2.11 bits per heavy atom. The van der Waals surface area contributed by atoms with Gasteiger partial charge >= 0.3 is 0 Å². The molecule has 0 saturated carbocycles. The first-order valence-corrected chi connectivity index (χ1v) is 6.40. The lowest BCUT2D eigenvalue weighted by atomic mass is 10.1. The molecule has 0 saturated heterocycles. The minimum atomic E-state index is 0.154. The second-order valence-corrected chi connectivity index (χ2v) is 4.48. The molecule has 0 aliphatic heterocycles. The van der Waals surface area contributed by atoms with Gasteiger partial charge in [0, 0.05) is 25.9 Å². The molecule has 98 valence electrons. The Hall–Kier alpha value is -1.62. The van der Waals surface area contributed by atoms with Crippen LogP contribution in [-0.2, 0) is 20.5 Å². The first-order chi connectivity index (χ1) is 8.65. The molecule has 0 spiro atoms. The lowest BCUT2D eigenvalue weighted by Crippen LogP contribution is -2.23. The van der Waals surface area contributed by atoms with E-state index in [4.69, 9.17) is 0 Å². The molecule has 2 heterocycles. The zero-order valence-corrected chi connectivity index (χ0v) is 11.5. The number of nitrogens with one attached hydrogen (secondary N) is 1. The standard InChI is InChI=1S/C13H21N5/c1-5-11-7-12(18(4)16-11)13(14-6-2)10-8-15-17(3)9-10/h7-9,13-14H,5-6H2,1-4H3. The summed E-state index contributed by atoms with van der Waals surface area (Å²) in [6, 6.07) is 2.32. The SMILES string of the molecule is CCNC(c1cnn(C)c1)c1cc(CC)nn1C. The minimum absolute atomic E-state index is 0.154. The van der Waals surface area contributed by atoms with Crippen molar-refractivity contribution in [3.63, 3.8) is 0 Å². The van der Waals surface area contributed by atoms with Crippen LogP contribution in [0.1, 0.15) is 36.8 Å². The van der Waals surface area contributed by atoms with Gasteiger partial charge in [-0.1, -0.05) is 13.8 Å². The molecule has 2 rings (SSSR count). The molecular weight excluding hydrogens is 226 g/mol. The van der Waals surface area contributed by atoms with Gasteiger partial charge in [0.15, 0.2) is 0 Å². The highest BCUT2D eigenvalue weighted by molar-refractivity contribution is 5.25. The monoisotopic (exact) mass is 247 g/mol. The molecule has 0 aliphatic rings. The van der Waals surface area contributed by atoms with Crippen LogP contribution < -0.4 is 5.32 Å². The van der Waals surface area contributed by atoms with Gasteiger partial charge in [-0.3, -0.25) is 9.36 Å². The quantitative estimate of drug-likeness (QED) is 0.869. The molecule has 0 amide bonds. The molecule has 2 aromatic rings. The molecule has 0 aliphatic carbocycles. The van der Waals surface area contributed by atoms with Crippen LogP contribution in [0.2, 0.25) is 0 Å². The van der Waals surface area contributed by atoms with Crippen LogP contribution >= 0.6 is 0 Å². The van der Waals surface area contributed by atoms with Gasteiger partial charge < -0.3 is 5.32 Å². The summed E-state index contributed by atoms with van der Waals surface area (Å²) in [4.78, 5) is 0. The van der Waals surface area contributed by atoms with Crippen molar-refractivity contribution in [1.29, 1.82) is 0 Å². The van der Waals surface area contributed by atoms with E-state index in [0.29, 0.717) is 0 Å². The third kappa shape index (κ3) is 2.46. The first-order valence-electron chi connectivity index (χ1n) is 6.40. The zero-order valence-electron chi connectivity index (χ0n) is 11.5. The summed E-state index contributed by atoms with van der Waals surface area (Å²) in [5.74, 6) is 0. The highest BCUT2D eigenvalue weighted by Gasteiger charge is 2.19. The van der Waals surface area contributed by atoms with E-state index in [1.165, 1.54) is 11.3 Å². The van der Waals surface area contributed by atoms with Crippen molar-refractivity contribution in [2.24, 2.45) is 14.1 Å². The molecule has 1 atom stereocenters. The van der Waals surface area contributed by atoms with E-state index in [9.17, 15) is 0 Å². The van der Waals surface area contributed by atoms with Crippen LogP contribution in [0.5, 0.6) is 0 Å². The molecule has 18 heavy (non-hydrogen) atoms. The Labute approximate surface area is 108 Å². The molecule has 1 N–H and O–H groups in total. The largest absolute Gasteiger partial charge is 0.305 e. The van der Waals surface area contributed by atoms with Crippen LogP contribution in [-0.4, -0.2) is 26.1 Å². The summed E-state index contributed by atoms with van der Waals surface area (Å²) < 4.78 is 3.79. The fourth-order valence-corrected chi connectivity index (χ4v) is 2.17. The third-order valence-electron chi connectivity index (χ3n) is 3.09. The summed E-state index contributed by atoms with van der Waals surface area (Å²) in [6.07, 6.45) is 4.91.